The fraction of sp³-hybridized carbons (Fsp3) is 0.316. The molecule has 124 valence electrons. The number of para-hydroxylation sites is 1. The van der Waals surface area contributed by atoms with Crippen LogP contribution in [0.5, 0.6) is 17.2 Å². The Morgan fingerprint density at radius 3 is 2.67 bits per heavy atom. The van der Waals surface area contributed by atoms with Gasteiger partial charge in [-0.2, -0.15) is 0 Å². The van der Waals surface area contributed by atoms with Crippen molar-refractivity contribution in [1.29, 1.82) is 0 Å². The van der Waals surface area contributed by atoms with Crippen LogP contribution in [0.25, 0.3) is 0 Å². The van der Waals surface area contributed by atoms with Crippen LogP contribution in [-0.4, -0.2) is 19.8 Å². The van der Waals surface area contributed by atoms with E-state index in [4.69, 9.17) is 14.2 Å². The summed E-state index contributed by atoms with van der Waals surface area (Å²) in [5, 5.41) is 3.03. The van der Waals surface area contributed by atoms with Gasteiger partial charge in [0.15, 0.2) is 11.5 Å². The Balaban J connectivity index is 1.62. The van der Waals surface area contributed by atoms with Gasteiger partial charge in [0.25, 0.3) is 0 Å². The lowest BCUT2D eigenvalue weighted by Crippen LogP contribution is -2.46. The predicted octanol–water partition coefficient (Wildman–Crippen LogP) is 3.48. The molecule has 0 saturated heterocycles. The first-order valence-electron chi connectivity index (χ1n) is 8.07. The normalized spacial score (nSPS) is 17.0. The van der Waals surface area contributed by atoms with Gasteiger partial charge in [0.2, 0.25) is 12.7 Å². The number of benzene rings is 2. The number of fused-ring (bicyclic) bond motifs is 1. The van der Waals surface area contributed by atoms with Crippen molar-refractivity contribution in [3.05, 3.63) is 48.0 Å². The summed E-state index contributed by atoms with van der Waals surface area (Å²) < 4.78 is 16.2. The zero-order valence-corrected chi connectivity index (χ0v) is 13.5. The summed E-state index contributed by atoms with van der Waals surface area (Å²) in [5.74, 6) is 2.12. The Kier molecular flexibility index (Phi) is 3.56. The van der Waals surface area contributed by atoms with E-state index in [-0.39, 0.29) is 12.7 Å². The maximum Gasteiger partial charge on any atom is 0.235 e. The minimum absolute atomic E-state index is 0.00267. The van der Waals surface area contributed by atoms with E-state index in [0.717, 1.165) is 30.6 Å². The summed E-state index contributed by atoms with van der Waals surface area (Å²) in [6.45, 7) is 0.220. The van der Waals surface area contributed by atoms with Crippen LogP contribution >= 0.6 is 0 Å². The van der Waals surface area contributed by atoms with Crippen LogP contribution in [0.1, 0.15) is 24.8 Å². The van der Waals surface area contributed by atoms with Gasteiger partial charge in [-0.15, -0.1) is 0 Å². The molecule has 2 aromatic carbocycles. The fourth-order valence-corrected chi connectivity index (χ4v) is 3.41. The Morgan fingerprint density at radius 1 is 1.12 bits per heavy atom. The maximum atomic E-state index is 13.0. The molecule has 2 aliphatic rings. The van der Waals surface area contributed by atoms with Gasteiger partial charge in [0.1, 0.15) is 5.75 Å². The number of rotatable bonds is 4. The number of amides is 1. The van der Waals surface area contributed by atoms with Crippen molar-refractivity contribution in [2.45, 2.75) is 24.7 Å². The van der Waals surface area contributed by atoms with Crippen LogP contribution in [0.15, 0.2) is 42.5 Å². The molecular formula is C19H19NO4. The molecule has 5 nitrogen and oxygen atoms in total. The summed E-state index contributed by atoms with van der Waals surface area (Å²) in [6, 6.07) is 13.2. The van der Waals surface area contributed by atoms with Crippen LogP contribution in [0.4, 0.5) is 5.69 Å². The summed E-state index contributed by atoms with van der Waals surface area (Å²) in [5.41, 5.74) is 1.14. The highest BCUT2D eigenvalue weighted by Crippen LogP contribution is 2.48. The quantitative estimate of drug-likeness (QED) is 0.935. The van der Waals surface area contributed by atoms with E-state index >= 15 is 0 Å². The average molecular weight is 325 g/mol. The van der Waals surface area contributed by atoms with Crippen molar-refractivity contribution in [3.8, 4) is 17.2 Å². The molecule has 1 heterocycles. The molecule has 5 heteroatoms. The molecule has 0 spiro atoms. The Hall–Kier alpha value is -2.69. The van der Waals surface area contributed by atoms with Gasteiger partial charge < -0.3 is 19.5 Å². The smallest absolute Gasteiger partial charge is 0.235 e. The largest absolute Gasteiger partial charge is 0.496 e. The molecule has 0 unspecified atom stereocenters. The summed E-state index contributed by atoms with van der Waals surface area (Å²) in [6.07, 6.45) is 2.68. The zero-order valence-electron chi connectivity index (χ0n) is 13.5. The lowest BCUT2D eigenvalue weighted by Gasteiger charge is -2.41. The molecule has 4 rings (SSSR count). The topological polar surface area (TPSA) is 56.8 Å². The molecule has 1 N–H and O–H groups in total. The lowest BCUT2D eigenvalue weighted by atomic mass is 9.63. The molecule has 24 heavy (non-hydrogen) atoms. The van der Waals surface area contributed by atoms with E-state index in [9.17, 15) is 4.79 Å². The molecule has 1 aliphatic carbocycles. The minimum atomic E-state index is -0.525. The van der Waals surface area contributed by atoms with E-state index in [0.29, 0.717) is 17.2 Å². The molecule has 2 aromatic rings. The highest BCUT2D eigenvalue weighted by atomic mass is 16.7. The SMILES string of the molecule is COc1ccccc1C1(C(=O)Nc2ccc3c(c2)OCO3)CCC1. The number of hydrogen-bond donors (Lipinski definition) is 1. The molecule has 1 fully saturated rings. The second-order valence-electron chi connectivity index (χ2n) is 6.16. The number of ether oxygens (including phenoxy) is 3. The third-order valence-electron chi connectivity index (χ3n) is 4.89. The van der Waals surface area contributed by atoms with E-state index in [2.05, 4.69) is 5.32 Å². The van der Waals surface area contributed by atoms with Gasteiger partial charge in [0, 0.05) is 17.3 Å². The first-order valence-corrected chi connectivity index (χ1v) is 8.07. The second-order valence-corrected chi connectivity index (χ2v) is 6.16. The van der Waals surface area contributed by atoms with Crippen molar-refractivity contribution < 1.29 is 19.0 Å². The molecule has 0 atom stereocenters. The number of carbonyl (C=O) groups excluding carboxylic acids is 1. The highest BCUT2D eigenvalue weighted by Gasteiger charge is 2.47. The van der Waals surface area contributed by atoms with Crippen LogP contribution in [-0.2, 0) is 10.2 Å². The number of anilines is 1. The zero-order chi connectivity index (χ0) is 16.6. The lowest BCUT2D eigenvalue weighted by molar-refractivity contribution is -0.124. The fourth-order valence-electron chi connectivity index (χ4n) is 3.41. The molecule has 0 radical (unpaired) electrons. The molecule has 1 amide bonds. The van der Waals surface area contributed by atoms with E-state index in [1.807, 2.05) is 36.4 Å². The van der Waals surface area contributed by atoms with Gasteiger partial charge in [-0.3, -0.25) is 4.79 Å². The predicted molar refractivity (Wildman–Crippen MR) is 89.7 cm³/mol. The van der Waals surface area contributed by atoms with E-state index in [1.54, 1.807) is 13.2 Å². The first kappa shape index (κ1) is 14.9. The average Bonchev–Trinajstić information content (AvgIpc) is 3.02. The van der Waals surface area contributed by atoms with Crippen molar-refractivity contribution in [2.75, 3.05) is 19.2 Å². The minimum Gasteiger partial charge on any atom is -0.496 e. The molecular weight excluding hydrogens is 306 g/mol. The Labute approximate surface area is 140 Å². The summed E-state index contributed by atoms with van der Waals surface area (Å²) in [7, 11) is 1.64. The van der Waals surface area contributed by atoms with Crippen LogP contribution in [0, 0.1) is 0 Å². The molecule has 1 saturated carbocycles. The number of nitrogens with one attached hydrogen (secondary N) is 1. The third kappa shape index (κ3) is 2.28. The first-order chi connectivity index (χ1) is 11.7. The number of hydrogen-bond acceptors (Lipinski definition) is 4. The van der Waals surface area contributed by atoms with Crippen LogP contribution < -0.4 is 19.5 Å². The van der Waals surface area contributed by atoms with Gasteiger partial charge in [0.05, 0.1) is 12.5 Å². The van der Waals surface area contributed by atoms with Crippen molar-refractivity contribution in [2.24, 2.45) is 0 Å². The monoisotopic (exact) mass is 325 g/mol. The Bertz CT molecular complexity index is 783. The van der Waals surface area contributed by atoms with Crippen molar-refractivity contribution >= 4 is 11.6 Å². The van der Waals surface area contributed by atoms with Crippen LogP contribution in [0.3, 0.4) is 0 Å². The Morgan fingerprint density at radius 2 is 1.92 bits per heavy atom. The van der Waals surface area contributed by atoms with Gasteiger partial charge in [-0.05, 0) is 31.0 Å². The van der Waals surface area contributed by atoms with E-state index in [1.165, 1.54) is 0 Å². The van der Waals surface area contributed by atoms with Gasteiger partial charge >= 0.3 is 0 Å². The third-order valence-corrected chi connectivity index (χ3v) is 4.89. The number of carbonyl (C=O) groups is 1. The van der Waals surface area contributed by atoms with Gasteiger partial charge in [-0.1, -0.05) is 24.6 Å². The van der Waals surface area contributed by atoms with E-state index < -0.39 is 5.41 Å². The van der Waals surface area contributed by atoms with Gasteiger partial charge in [-0.25, -0.2) is 0 Å². The second kappa shape index (κ2) is 5.74. The molecule has 0 bridgehead atoms. The number of methoxy groups -OCH3 is 1. The van der Waals surface area contributed by atoms with Crippen molar-refractivity contribution in [3.63, 3.8) is 0 Å². The van der Waals surface area contributed by atoms with Crippen molar-refractivity contribution in [1.82, 2.24) is 0 Å². The summed E-state index contributed by atoms with van der Waals surface area (Å²) in [4.78, 5) is 13.0. The summed E-state index contributed by atoms with van der Waals surface area (Å²) >= 11 is 0. The maximum absolute atomic E-state index is 13.0. The van der Waals surface area contributed by atoms with Crippen LogP contribution in [0.2, 0.25) is 0 Å². The highest BCUT2D eigenvalue weighted by molar-refractivity contribution is 6.00. The molecule has 1 aliphatic heterocycles. The molecule has 0 aromatic heterocycles. The standard InChI is InChI=1S/C19H19NO4/c1-22-15-6-3-2-5-14(15)19(9-4-10-19)18(21)20-13-7-8-16-17(11-13)24-12-23-16/h2-3,5-8,11H,4,9-10,12H2,1H3,(H,20,21).